The van der Waals surface area contributed by atoms with Crippen LogP contribution in [0.1, 0.15) is 43.2 Å². The summed E-state index contributed by atoms with van der Waals surface area (Å²) in [5, 5.41) is 5.25. The van der Waals surface area contributed by atoms with Crippen molar-refractivity contribution < 1.29 is 17.9 Å². The molecule has 10 heteroatoms. The standard InChI is InChI=1S/C20H28N4O4S2/c1-4-8-30(26,27)23-17-7-5-6-16(9-17)19(25)22-20-21-18(13-29-20)12-24-10-14(2)28-15(3)11-24/h5-7,9,13-15,23H,4,8,10-12H2,1-3H3,(H,21,22,25)/t14-,15-/m1/s1. The zero-order valence-corrected chi connectivity index (χ0v) is 19.1. The van der Waals surface area contributed by atoms with Gasteiger partial charge < -0.3 is 4.74 Å². The second-order valence-corrected chi connectivity index (χ2v) is 10.3. The van der Waals surface area contributed by atoms with E-state index < -0.39 is 10.0 Å². The Balaban J connectivity index is 1.61. The lowest BCUT2D eigenvalue weighted by molar-refractivity contribution is -0.0707. The number of nitrogens with one attached hydrogen (secondary N) is 2. The largest absolute Gasteiger partial charge is 0.373 e. The Hall–Kier alpha value is -2.01. The van der Waals surface area contributed by atoms with Crippen LogP contribution in [0, 0.1) is 0 Å². The summed E-state index contributed by atoms with van der Waals surface area (Å²) in [6.07, 6.45) is 0.895. The van der Waals surface area contributed by atoms with Gasteiger partial charge in [0.2, 0.25) is 10.0 Å². The molecule has 1 saturated heterocycles. The smallest absolute Gasteiger partial charge is 0.257 e. The van der Waals surface area contributed by atoms with E-state index in [9.17, 15) is 13.2 Å². The monoisotopic (exact) mass is 452 g/mol. The number of morpholine rings is 1. The van der Waals surface area contributed by atoms with Gasteiger partial charge in [-0.25, -0.2) is 13.4 Å². The zero-order chi connectivity index (χ0) is 21.7. The SMILES string of the molecule is CCCS(=O)(=O)Nc1cccc(C(=O)Nc2nc(CN3C[C@@H](C)O[C@H](C)C3)cs2)c1. The minimum absolute atomic E-state index is 0.0337. The number of carbonyl (C=O) groups excluding carboxylic acids is 1. The van der Waals surface area contributed by atoms with Crippen molar-refractivity contribution in [3.05, 3.63) is 40.9 Å². The highest BCUT2D eigenvalue weighted by atomic mass is 32.2. The Kier molecular flexibility index (Phi) is 7.45. The van der Waals surface area contributed by atoms with Crippen LogP contribution in [0.2, 0.25) is 0 Å². The predicted molar refractivity (Wildman–Crippen MR) is 119 cm³/mol. The summed E-state index contributed by atoms with van der Waals surface area (Å²) in [4.78, 5) is 19.4. The van der Waals surface area contributed by atoms with Gasteiger partial charge in [0.15, 0.2) is 5.13 Å². The Morgan fingerprint density at radius 2 is 2.03 bits per heavy atom. The fourth-order valence-corrected chi connectivity index (χ4v) is 5.29. The molecule has 1 amide bonds. The van der Waals surface area contributed by atoms with E-state index in [1.54, 1.807) is 25.1 Å². The molecule has 8 nitrogen and oxygen atoms in total. The molecule has 164 valence electrons. The molecule has 2 aromatic rings. The van der Waals surface area contributed by atoms with Crippen LogP contribution in [0.4, 0.5) is 10.8 Å². The first-order valence-electron chi connectivity index (χ1n) is 9.98. The van der Waals surface area contributed by atoms with Gasteiger partial charge in [-0.2, -0.15) is 0 Å². The van der Waals surface area contributed by atoms with E-state index in [1.807, 2.05) is 5.38 Å². The van der Waals surface area contributed by atoms with E-state index in [2.05, 4.69) is 33.8 Å². The van der Waals surface area contributed by atoms with Gasteiger partial charge in [-0.3, -0.25) is 19.7 Å². The third-order valence-corrected chi connectivity index (χ3v) is 6.82. The normalized spacial score (nSPS) is 20.1. The first kappa shape index (κ1) is 22.7. The number of nitrogens with zero attached hydrogens (tertiary/aromatic N) is 2. The minimum atomic E-state index is -3.41. The van der Waals surface area contributed by atoms with Crippen molar-refractivity contribution >= 4 is 38.1 Å². The molecule has 0 radical (unpaired) electrons. The van der Waals surface area contributed by atoms with Crippen molar-refractivity contribution in [2.45, 2.75) is 45.9 Å². The van der Waals surface area contributed by atoms with Gasteiger partial charge in [0.05, 0.1) is 23.7 Å². The highest BCUT2D eigenvalue weighted by molar-refractivity contribution is 7.92. The van der Waals surface area contributed by atoms with Crippen molar-refractivity contribution in [1.29, 1.82) is 0 Å². The van der Waals surface area contributed by atoms with Crippen LogP contribution in [0.3, 0.4) is 0 Å². The van der Waals surface area contributed by atoms with Crippen LogP contribution in [0.15, 0.2) is 29.6 Å². The number of thiazole rings is 1. The molecule has 2 atom stereocenters. The lowest BCUT2D eigenvalue weighted by atomic mass is 10.2. The highest BCUT2D eigenvalue weighted by Gasteiger charge is 2.23. The summed E-state index contributed by atoms with van der Waals surface area (Å²) in [5.74, 6) is -0.299. The van der Waals surface area contributed by atoms with E-state index in [0.717, 1.165) is 18.8 Å². The Labute approximate surface area is 181 Å². The van der Waals surface area contributed by atoms with Crippen molar-refractivity contribution in [2.75, 3.05) is 28.9 Å². The maximum absolute atomic E-state index is 12.6. The number of carbonyl (C=O) groups is 1. The molecule has 3 rings (SSSR count). The van der Waals surface area contributed by atoms with Crippen LogP contribution in [0.25, 0.3) is 0 Å². The van der Waals surface area contributed by atoms with Crippen molar-refractivity contribution in [1.82, 2.24) is 9.88 Å². The molecule has 0 bridgehead atoms. The zero-order valence-electron chi connectivity index (χ0n) is 17.4. The van der Waals surface area contributed by atoms with Gasteiger partial charge >= 0.3 is 0 Å². The van der Waals surface area contributed by atoms with E-state index in [0.29, 0.717) is 29.3 Å². The molecule has 2 N–H and O–H groups in total. The number of aromatic nitrogens is 1. The molecule has 1 aromatic carbocycles. The highest BCUT2D eigenvalue weighted by Crippen LogP contribution is 2.21. The number of ether oxygens (including phenoxy) is 1. The summed E-state index contributed by atoms with van der Waals surface area (Å²) in [6.45, 7) is 8.33. The summed E-state index contributed by atoms with van der Waals surface area (Å²) >= 11 is 1.37. The number of anilines is 2. The lowest BCUT2D eigenvalue weighted by Gasteiger charge is -2.34. The van der Waals surface area contributed by atoms with Gasteiger partial charge in [-0.05, 0) is 38.5 Å². The second kappa shape index (κ2) is 9.86. The van der Waals surface area contributed by atoms with Crippen LogP contribution in [0.5, 0.6) is 0 Å². The molecule has 0 spiro atoms. The lowest BCUT2D eigenvalue weighted by Crippen LogP contribution is -2.44. The first-order valence-corrected chi connectivity index (χ1v) is 12.5. The predicted octanol–water partition coefficient (Wildman–Crippen LogP) is 3.16. The molecule has 0 saturated carbocycles. The molecule has 0 aliphatic carbocycles. The minimum Gasteiger partial charge on any atom is -0.373 e. The van der Waals surface area contributed by atoms with Crippen LogP contribution in [-0.2, 0) is 21.3 Å². The summed E-state index contributed by atoms with van der Waals surface area (Å²) in [6, 6.07) is 6.42. The van der Waals surface area contributed by atoms with E-state index in [1.165, 1.54) is 17.4 Å². The molecule has 0 unspecified atom stereocenters. The van der Waals surface area contributed by atoms with Crippen LogP contribution >= 0.6 is 11.3 Å². The van der Waals surface area contributed by atoms with Gasteiger partial charge in [-0.15, -0.1) is 11.3 Å². The molecular weight excluding hydrogens is 424 g/mol. The quantitative estimate of drug-likeness (QED) is 0.638. The second-order valence-electron chi connectivity index (χ2n) is 7.55. The first-order chi connectivity index (χ1) is 14.2. The van der Waals surface area contributed by atoms with Crippen LogP contribution in [-0.4, -0.2) is 55.3 Å². The summed E-state index contributed by atoms with van der Waals surface area (Å²) in [7, 11) is -3.41. The Morgan fingerprint density at radius 3 is 2.73 bits per heavy atom. The number of sulfonamides is 1. The van der Waals surface area contributed by atoms with Crippen molar-refractivity contribution in [3.63, 3.8) is 0 Å². The van der Waals surface area contributed by atoms with Crippen molar-refractivity contribution in [3.8, 4) is 0 Å². The third-order valence-electron chi connectivity index (χ3n) is 4.52. The molecule has 1 aliphatic rings. The summed E-state index contributed by atoms with van der Waals surface area (Å²) < 4.78 is 32.1. The topological polar surface area (TPSA) is 101 Å². The van der Waals surface area contributed by atoms with Gasteiger partial charge in [0.25, 0.3) is 5.91 Å². The van der Waals surface area contributed by atoms with E-state index in [-0.39, 0.29) is 23.9 Å². The van der Waals surface area contributed by atoms with E-state index in [4.69, 9.17) is 4.74 Å². The van der Waals surface area contributed by atoms with Gasteiger partial charge in [0, 0.05) is 36.3 Å². The number of hydrogen-bond acceptors (Lipinski definition) is 7. The van der Waals surface area contributed by atoms with Crippen molar-refractivity contribution in [2.24, 2.45) is 0 Å². The number of rotatable bonds is 8. The van der Waals surface area contributed by atoms with E-state index >= 15 is 0 Å². The fraction of sp³-hybridized carbons (Fsp3) is 0.500. The molecule has 1 aliphatic heterocycles. The molecule has 1 fully saturated rings. The Bertz CT molecular complexity index is 967. The molecule has 30 heavy (non-hydrogen) atoms. The number of hydrogen-bond donors (Lipinski definition) is 2. The average molecular weight is 453 g/mol. The number of amides is 1. The maximum Gasteiger partial charge on any atom is 0.257 e. The van der Waals surface area contributed by atoms with Gasteiger partial charge in [0.1, 0.15) is 0 Å². The van der Waals surface area contributed by atoms with Crippen LogP contribution < -0.4 is 10.0 Å². The third kappa shape index (κ3) is 6.49. The number of benzene rings is 1. The molecule has 2 heterocycles. The fourth-order valence-electron chi connectivity index (χ4n) is 3.47. The maximum atomic E-state index is 12.6. The average Bonchev–Trinajstić information content (AvgIpc) is 3.07. The van der Waals surface area contributed by atoms with Gasteiger partial charge in [-0.1, -0.05) is 13.0 Å². The Morgan fingerprint density at radius 1 is 1.30 bits per heavy atom. The molecule has 1 aromatic heterocycles. The molecular formula is C20H28N4O4S2. The summed E-state index contributed by atoms with van der Waals surface area (Å²) in [5.41, 5.74) is 1.63.